The second kappa shape index (κ2) is 20.5. The van der Waals surface area contributed by atoms with Crippen molar-refractivity contribution in [2.24, 2.45) is 0 Å². The molecule has 6 N–H and O–H groups in total. The number of alkyl halides is 4. The van der Waals surface area contributed by atoms with Gasteiger partial charge < -0.3 is 38.3 Å². The molecule has 2 aliphatic carbocycles. The Labute approximate surface area is 403 Å². The smallest absolute Gasteiger partial charge is 0.488 e. The zero-order valence-electron chi connectivity index (χ0n) is 35.7. The minimum atomic E-state index is -2.74. The predicted octanol–water partition coefficient (Wildman–Crippen LogP) is 10.9. The van der Waals surface area contributed by atoms with Gasteiger partial charge in [-0.1, -0.05) is 75.5 Å². The first-order chi connectivity index (χ1) is 29.0. The van der Waals surface area contributed by atoms with Gasteiger partial charge in [-0.05, 0) is 140 Å². The van der Waals surface area contributed by atoms with Crippen LogP contribution in [-0.4, -0.2) is 62.1 Å². The number of carbonyl (C=O) groups excluding carboxylic acids is 2. The van der Waals surface area contributed by atoms with Crippen LogP contribution in [-0.2, 0) is 30.0 Å². The van der Waals surface area contributed by atoms with Crippen LogP contribution in [0.15, 0.2) is 88.8 Å². The maximum atomic E-state index is 13.6. The van der Waals surface area contributed by atoms with E-state index >= 15 is 0 Å². The Hall–Kier alpha value is -3.67. The summed E-state index contributed by atoms with van der Waals surface area (Å²) in [5, 5.41) is 45.7. The number of nitrogens with one attached hydrogen (secondary N) is 2. The van der Waals surface area contributed by atoms with Gasteiger partial charge in [0, 0.05) is 60.6 Å². The van der Waals surface area contributed by atoms with Crippen LogP contribution in [0, 0.1) is 35.1 Å². The SMILES string of the molecule is Cc1cc(-c2ccc(Cl)cc2)cc(C)c1C1=C(O)C2(CCC(F)(F)CC2)NC1=O.Cc1cc(Br)cc(C)c1C1=C(O)C2(CCC(F)(F)CC2)NC1=O.OB(O)c1ccc(Cl)cc1.[CH3-].[Pd]. The van der Waals surface area contributed by atoms with Crippen molar-refractivity contribution in [3.63, 3.8) is 0 Å². The third-order valence-electron chi connectivity index (χ3n) is 12.1. The van der Waals surface area contributed by atoms with Gasteiger partial charge in [0.25, 0.3) is 11.8 Å². The fraction of sp³-hybridized carbons (Fsp3) is 0.340. The molecule has 4 aliphatic rings. The van der Waals surface area contributed by atoms with Gasteiger partial charge in [0.15, 0.2) is 0 Å². The number of benzene rings is 4. The zero-order chi connectivity index (χ0) is 45.5. The van der Waals surface area contributed by atoms with Crippen molar-refractivity contribution in [2.75, 3.05) is 0 Å². The van der Waals surface area contributed by atoms with Crippen LogP contribution in [0.1, 0.15) is 84.7 Å². The van der Waals surface area contributed by atoms with Crippen LogP contribution in [0.4, 0.5) is 17.6 Å². The minimum absolute atomic E-state index is 0. The molecule has 2 saturated carbocycles. The molecule has 0 saturated heterocycles. The van der Waals surface area contributed by atoms with Crippen molar-refractivity contribution in [2.45, 2.75) is 102 Å². The van der Waals surface area contributed by atoms with E-state index in [-0.39, 0.29) is 108 Å². The van der Waals surface area contributed by atoms with E-state index in [2.05, 4.69) is 26.6 Å². The van der Waals surface area contributed by atoms with E-state index in [0.29, 0.717) is 26.6 Å². The van der Waals surface area contributed by atoms with Gasteiger partial charge in [0.2, 0.25) is 11.8 Å². The number of hydrogen-bond donors (Lipinski definition) is 6. The maximum absolute atomic E-state index is 13.6. The topological polar surface area (TPSA) is 139 Å². The average Bonchev–Trinajstić information content (AvgIpc) is 3.57. The molecular weight excluding hydrogens is 1030 g/mol. The first-order valence-corrected chi connectivity index (χ1v) is 21.6. The number of aliphatic hydroxyl groups is 2. The van der Waals surface area contributed by atoms with E-state index in [1.165, 1.54) is 0 Å². The van der Waals surface area contributed by atoms with Gasteiger partial charge in [-0.15, -0.1) is 0 Å². The summed E-state index contributed by atoms with van der Waals surface area (Å²) in [6.07, 6.45) is -1.20. The summed E-state index contributed by atoms with van der Waals surface area (Å²) in [5.74, 6) is -6.46. The zero-order valence-corrected chi connectivity index (χ0v) is 40.4. The Morgan fingerprint density at radius 3 is 1.25 bits per heavy atom. The Bertz CT molecular complexity index is 2400. The van der Waals surface area contributed by atoms with Crippen LogP contribution >= 0.6 is 39.1 Å². The van der Waals surface area contributed by atoms with Crippen LogP contribution in [0.5, 0.6) is 0 Å². The molecule has 17 heteroatoms. The molecule has 2 aliphatic heterocycles. The summed E-state index contributed by atoms with van der Waals surface area (Å²) in [6, 6.07) is 21.5. The van der Waals surface area contributed by atoms with Crippen LogP contribution in [0.3, 0.4) is 0 Å². The third kappa shape index (κ3) is 11.3. The normalized spacial score (nSPS) is 18.8. The van der Waals surface area contributed by atoms with Crippen LogP contribution in [0.25, 0.3) is 22.3 Å². The van der Waals surface area contributed by atoms with Crippen molar-refractivity contribution in [1.82, 2.24) is 10.6 Å². The summed E-state index contributed by atoms with van der Waals surface area (Å²) in [7, 11) is -1.41. The van der Waals surface area contributed by atoms with Crippen molar-refractivity contribution in [1.29, 1.82) is 0 Å². The molecule has 8 nitrogen and oxygen atoms in total. The molecule has 0 atom stereocenters. The molecule has 2 fully saturated rings. The van der Waals surface area contributed by atoms with Gasteiger partial charge >= 0.3 is 7.12 Å². The molecule has 64 heavy (non-hydrogen) atoms. The molecule has 4 aromatic carbocycles. The van der Waals surface area contributed by atoms with Crippen molar-refractivity contribution >= 4 is 74.7 Å². The second-order valence-electron chi connectivity index (χ2n) is 16.6. The Morgan fingerprint density at radius 1 is 0.578 bits per heavy atom. The minimum Gasteiger partial charge on any atom is -0.509 e. The molecule has 2 spiro atoms. The molecule has 0 radical (unpaired) electrons. The molecule has 2 heterocycles. The van der Waals surface area contributed by atoms with Crippen LogP contribution < -0.4 is 16.1 Å². The molecular formula is C47H49BBrCl2F4N2O6Pd-. The van der Waals surface area contributed by atoms with Crippen LogP contribution in [0.2, 0.25) is 10.0 Å². The van der Waals surface area contributed by atoms with Crippen molar-refractivity contribution < 1.29 is 67.8 Å². The van der Waals surface area contributed by atoms with E-state index in [4.69, 9.17) is 33.2 Å². The number of amides is 2. The van der Waals surface area contributed by atoms with E-state index in [1.54, 1.807) is 24.3 Å². The fourth-order valence-electron chi connectivity index (χ4n) is 8.75. The summed E-state index contributed by atoms with van der Waals surface area (Å²) >= 11 is 14.9. The van der Waals surface area contributed by atoms with E-state index in [9.17, 15) is 37.4 Å². The Balaban J connectivity index is 0.000000229. The first kappa shape index (κ1) is 52.9. The largest absolute Gasteiger partial charge is 0.509 e. The van der Waals surface area contributed by atoms with Gasteiger partial charge in [-0.2, -0.15) is 0 Å². The molecule has 0 bridgehead atoms. The molecule has 2 amide bonds. The first-order valence-electron chi connectivity index (χ1n) is 20.0. The number of carbonyl (C=O) groups is 2. The fourth-order valence-corrected chi connectivity index (χ4v) is 9.69. The number of hydrogen-bond acceptors (Lipinski definition) is 6. The molecule has 8 rings (SSSR count). The van der Waals surface area contributed by atoms with Gasteiger partial charge in [0.05, 0.1) is 22.2 Å². The quantitative estimate of drug-likeness (QED) is 0.0684. The summed E-state index contributed by atoms with van der Waals surface area (Å²) in [4.78, 5) is 25.3. The maximum Gasteiger partial charge on any atom is 0.488 e. The summed E-state index contributed by atoms with van der Waals surface area (Å²) < 4.78 is 55.0. The molecule has 346 valence electrons. The van der Waals surface area contributed by atoms with E-state index in [1.807, 2.05) is 76.2 Å². The summed E-state index contributed by atoms with van der Waals surface area (Å²) in [6.45, 7) is 7.49. The second-order valence-corrected chi connectivity index (χ2v) is 18.4. The number of halogens is 7. The standard InChI is InChI=1S/C23H22ClF2NO2.C17H18BrF2NO2.C6H6BClO2.CH3.Pd/c1-13-11-16(15-3-5-17(24)6-4-15)12-14(2)18(13)19-20(28)22(27-21(19)29)7-9-23(25,26)10-8-22;1-9-7-11(18)8-10(2)12(9)13-14(22)16(21-15(13)23)3-5-17(19,20)6-4-16;8-6-3-1-5(2-4-6)7(9)10;;/h3-6,11-12,28H,7-10H2,1-2H3,(H,27,29);7-8,22H,3-6H2,1-2H3,(H,21,23);1-4,9-10H;1H3;/q;;;-1;. The van der Waals surface area contributed by atoms with Gasteiger partial charge in [-0.3, -0.25) is 9.59 Å². The third-order valence-corrected chi connectivity index (χ3v) is 13.0. The predicted molar refractivity (Wildman–Crippen MR) is 245 cm³/mol. The summed E-state index contributed by atoms with van der Waals surface area (Å²) in [5.41, 5.74) is 5.44. The molecule has 4 aromatic rings. The molecule has 0 unspecified atom stereocenters. The Kier molecular flexibility index (Phi) is 16.9. The molecule has 0 aromatic heterocycles. The van der Waals surface area contributed by atoms with Crippen molar-refractivity contribution in [3.8, 4) is 11.1 Å². The number of aliphatic hydroxyl groups excluding tert-OH is 2. The van der Waals surface area contributed by atoms with E-state index < -0.39 is 35.9 Å². The van der Waals surface area contributed by atoms with E-state index in [0.717, 1.165) is 37.9 Å². The average molecular weight is 1080 g/mol. The number of rotatable bonds is 4. The number of aryl methyl sites for hydroxylation is 4. The van der Waals surface area contributed by atoms with Gasteiger partial charge in [0.1, 0.15) is 11.5 Å². The van der Waals surface area contributed by atoms with Gasteiger partial charge in [-0.25, -0.2) is 17.6 Å². The van der Waals surface area contributed by atoms with Crippen molar-refractivity contribution in [3.05, 3.63) is 140 Å². The Morgan fingerprint density at radius 2 is 0.906 bits per heavy atom. The monoisotopic (exact) mass is 1080 g/mol.